The van der Waals surface area contributed by atoms with Crippen LogP contribution in [0.25, 0.3) is 0 Å². The molecule has 0 aliphatic carbocycles. The summed E-state index contributed by atoms with van der Waals surface area (Å²) in [7, 11) is 0. The van der Waals surface area contributed by atoms with Crippen LogP contribution in [0.4, 0.5) is 11.4 Å². The molecule has 0 bridgehead atoms. The second-order valence-corrected chi connectivity index (χ2v) is 6.47. The predicted octanol–water partition coefficient (Wildman–Crippen LogP) is 2.84. The molecule has 0 spiro atoms. The van der Waals surface area contributed by atoms with E-state index in [9.17, 15) is 9.59 Å². The average molecular weight is 434 g/mol. The molecule has 3 rings (SSSR count). The van der Waals surface area contributed by atoms with Crippen LogP contribution in [0.15, 0.2) is 48.8 Å². The Labute approximate surface area is 184 Å². The molecule has 0 aliphatic rings. The first-order valence-corrected chi connectivity index (χ1v) is 9.93. The van der Waals surface area contributed by atoms with Gasteiger partial charge in [-0.25, -0.2) is 0 Å². The largest absolute Gasteiger partial charge is 0.492 e. The molecule has 3 aromatic rings. The van der Waals surface area contributed by atoms with E-state index in [-0.39, 0.29) is 18.3 Å². The van der Waals surface area contributed by atoms with E-state index in [0.717, 1.165) is 0 Å². The average Bonchev–Trinajstić information content (AvgIpc) is 3.24. The lowest BCUT2D eigenvalue weighted by molar-refractivity contribution is -0.116. The highest BCUT2D eigenvalue weighted by Gasteiger charge is 2.17. The van der Waals surface area contributed by atoms with Crippen LogP contribution in [0.3, 0.4) is 0 Å². The van der Waals surface area contributed by atoms with Gasteiger partial charge in [0.2, 0.25) is 11.7 Å². The number of nitrogens with one attached hydrogen (secondary N) is 2. The first-order valence-electron chi connectivity index (χ1n) is 9.93. The highest BCUT2D eigenvalue weighted by atomic mass is 16.5. The SMILES string of the molecule is CCOc1cc(NC(=O)c2ccccc2)c(OCC)cc1NC(=O)Cn1cnnc1C#N. The minimum atomic E-state index is -0.411. The normalized spacial score (nSPS) is 10.2. The molecule has 0 fully saturated rings. The quantitative estimate of drug-likeness (QED) is 0.529. The van der Waals surface area contributed by atoms with Gasteiger partial charge in [0.25, 0.3) is 5.91 Å². The van der Waals surface area contributed by atoms with E-state index in [1.54, 1.807) is 43.3 Å². The molecule has 164 valence electrons. The van der Waals surface area contributed by atoms with Crippen molar-refractivity contribution in [2.75, 3.05) is 23.8 Å². The molecule has 10 nitrogen and oxygen atoms in total. The van der Waals surface area contributed by atoms with Crippen LogP contribution < -0.4 is 20.1 Å². The van der Waals surface area contributed by atoms with Gasteiger partial charge in [0.15, 0.2) is 0 Å². The summed E-state index contributed by atoms with van der Waals surface area (Å²) in [5.74, 6) is 0.0434. The minimum Gasteiger partial charge on any atom is -0.492 e. The van der Waals surface area contributed by atoms with E-state index in [1.807, 2.05) is 19.1 Å². The molecule has 2 N–H and O–H groups in total. The number of nitriles is 1. The Balaban J connectivity index is 1.87. The Kier molecular flexibility index (Phi) is 7.37. The summed E-state index contributed by atoms with van der Waals surface area (Å²) in [5.41, 5.74) is 1.27. The Hall–Kier alpha value is -4.39. The molecular formula is C22H22N6O4. The van der Waals surface area contributed by atoms with Gasteiger partial charge in [-0.05, 0) is 26.0 Å². The van der Waals surface area contributed by atoms with Gasteiger partial charge in [0.05, 0.1) is 24.6 Å². The third-order valence-corrected chi connectivity index (χ3v) is 4.27. The molecule has 2 aromatic carbocycles. The molecule has 0 radical (unpaired) electrons. The third kappa shape index (κ3) is 5.40. The van der Waals surface area contributed by atoms with Crippen molar-refractivity contribution < 1.29 is 19.1 Å². The highest BCUT2D eigenvalue weighted by molar-refractivity contribution is 6.05. The molecule has 1 aromatic heterocycles. The maximum Gasteiger partial charge on any atom is 0.255 e. The van der Waals surface area contributed by atoms with E-state index in [0.29, 0.717) is 41.7 Å². The van der Waals surface area contributed by atoms with Crippen molar-refractivity contribution in [1.82, 2.24) is 14.8 Å². The van der Waals surface area contributed by atoms with Crippen molar-refractivity contribution in [3.05, 3.63) is 60.2 Å². The fourth-order valence-electron chi connectivity index (χ4n) is 2.89. The molecule has 32 heavy (non-hydrogen) atoms. The summed E-state index contributed by atoms with van der Waals surface area (Å²) in [6.45, 7) is 4.15. The van der Waals surface area contributed by atoms with Gasteiger partial charge >= 0.3 is 0 Å². The van der Waals surface area contributed by atoms with Crippen LogP contribution in [-0.4, -0.2) is 39.8 Å². The van der Waals surface area contributed by atoms with E-state index in [4.69, 9.17) is 14.7 Å². The highest BCUT2D eigenvalue weighted by Crippen LogP contribution is 2.37. The first kappa shape index (κ1) is 22.3. The van der Waals surface area contributed by atoms with E-state index in [2.05, 4.69) is 20.8 Å². The smallest absolute Gasteiger partial charge is 0.255 e. The molecule has 0 saturated heterocycles. The lowest BCUT2D eigenvalue weighted by atomic mass is 10.2. The summed E-state index contributed by atoms with van der Waals surface area (Å²) in [5, 5.41) is 21.9. The minimum absolute atomic E-state index is 0.0270. The number of carbonyl (C=O) groups excluding carboxylic acids is 2. The van der Waals surface area contributed by atoms with Gasteiger partial charge < -0.3 is 20.1 Å². The zero-order valence-electron chi connectivity index (χ0n) is 17.7. The molecule has 0 aliphatic heterocycles. The van der Waals surface area contributed by atoms with Gasteiger partial charge in [-0.2, -0.15) is 5.26 Å². The number of carbonyl (C=O) groups is 2. The van der Waals surface area contributed by atoms with Gasteiger partial charge in [0, 0.05) is 17.7 Å². The van der Waals surface area contributed by atoms with Crippen LogP contribution in [0.2, 0.25) is 0 Å². The fraction of sp³-hybridized carbons (Fsp3) is 0.227. The van der Waals surface area contributed by atoms with Gasteiger partial charge in [-0.15, -0.1) is 10.2 Å². The van der Waals surface area contributed by atoms with Crippen LogP contribution >= 0.6 is 0 Å². The van der Waals surface area contributed by atoms with Crippen molar-refractivity contribution in [2.45, 2.75) is 20.4 Å². The molecule has 0 saturated carbocycles. The first-order chi connectivity index (χ1) is 15.5. The second-order valence-electron chi connectivity index (χ2n) is 6.47. The van der Waals surface area contributed by atoms with Crippen molar-refractivity contribution >= 4 is 23.2 Å². The number of ether oxygens (including phenoxy) is 2. The third-order valence-electron chi connectivity index (χ3n) is 4.27. The number of anilines is 2. The van der Waals surface area contributed by atoms with Gasteiger partial charge in [-0.3, -0.25) is 14.2 Å². The van der Waals surface area contributed by atoms with E-state index in [1.165, 1.54) is 10.9 Å². The predicted molar refractivity (Wildman–Crippen MR) is 117 cm³/mol. The van der Waals surface area contributed by atoms with Crippen molar-refractivity contribution in [3.8, 4) is 17.6 Å². The Bertz CT molecular complexity index is 1140. The summed E-state index contributed by atoms with van der Waals surface area (Å²) < 4.78 is 12.7. The number of hydrogen-bond donors (Lipinski definition) is 2. The molecule has 0 atom stereocenters. The second kappa shape index (κ2) is 10.6. The maximum absolute atomic E-state index is 12.6. The standard InChI is InChI=1S/C22H22N6O4/c1-3-31-18-11-17(26-22(30)15-8-6-5-7-9-15)19(32-4-2)10-16(18)25-21(29)13-28-14-24-27-20(28)12-23/h5-11,14H,3-4,13H2,1-2H3,(H,25,29)(H,26,30). The topological polar surface area (TPSA) is 131 Å². The summed E-state index contributed by atoms with van der Waals surface area (Å²) >= 11 is 0. The van der Waals surface area contributed by atoms with E-state index < -0.39 is 5.91 Å². The number of hydrogen-bond acceptors (Lipinski definition) is 7. The molecular weight excluding hydrogens is 412 g/mol. The molecule has 2 amide bonds. The van der Waals surface area contributed by atoms with Crippen LogP contribution in [-0.2, 0) is 11.3 Å². The molecule has 0 unspecified atom stereocenters. The summed E-state index contributed by atoms with van der Waals surface area (Å²) in [6.07, 6.45) is 1.30. The van der Waals surface area contributed by atoms with Gasteiger partial charge in [0.1, 0.15) is 30.4 Å². The van der Waals surface area contributed by atoms with E-state index >= 15 is 0 Å². The number of amides is 2. The Morgan fingerprint density at radius 3 is 2.25 bits per heavy atom. The number of nitrogens with zero attached hydrogens (tertiary/aromatic N) is 4. The number of benzene rings is 2. The number of aromatic nitrogens is 3. The van der Waals surface area contributed by atoms with Crippen molar-refractivity contribution in [1.29, 1.82) is 5.26 Å². The maximum atomic E-state index is 12.6. The lowest BCUT2D eigenvalue weighted by Gasteiger charge is -2.18. The number of rotatable bonds is 9. The van der Waals surface area contributed by atoms with Crippen LogP contribution in [0.1, 0.15) is 30.0 Å². The lowest BCUT2D eigenvalue weighted by Crippen LogP contribution is -2.20. The summed E-state index contributed by atoms with van der Waals surface area (Å²) in [6, 6.07) is 13.8. The Morgan fingerprint density at radius 2 is 1.66 bits per heavy atom. The van der Waals surface area contributed by atoms with Crippen molar-refractivity contribution in [2.24, 2.45) is 0 Å². The fourth-order valence-corrected chi connectivity index (χ4v) is 2.89. The van der Waals surface area contributed by atoms with Crippen molar-refractivity contribution in [3.63, 3.8) is 0 Å². The summed E-state index contributed by atoms with van der Waals surface area (Å²) in [4.78, 5) is 25.2. The van der Waals surface area contributed by atoms with Gasteiger partial charge in [-0.1, -0.05) is 18.2 Å². The monoisotopic (exact) mass is 434 g/mol. The van der Waals surface area contributed by atoms with Crippen LogP contribution in [0, 0.1) is 11.3 Å². The Morgan fingerprint density at radius 1 is 1.03 bits per heavy atom. The zero-order valence-corrected chi connectivity index (χ0v) is 17.7. The zero-order chi connectivity index (χ0) is 22.9. The molecule has 1 heterocycles. The van der Waals surface area contributed by atoms with Crippen LogP contribution in [0.5, 0.6) is 11.5 Å². The molecule has 10 heteroatoms.